The van der Waals surface area contributed by atoms with E-state index < -0.39 is 15.6 Å². The number of amides is 1. The second-order valence-corrected chi connectivity index (χ2v) is 10.2. The van der Waals surface area contributed by atoms with Crippen LogP contribution in [0.2, 0.25) is 0 Å². The number of rotatable bonds is 5. The van der Waals surface area contributed by atoms with Crippen LogP contribution < -0.4 is 14.4 Å². The number of nitrogens with zero attached hydrogens (tertiary/aromatic N) is 1. The Kier molecular flexibility index (Phi) is 5.63. The zero-order valence-corrected chi connectivity index (χ0v) is 18.3. The van der Waals surface area contributed by atoms with Gasteiger partial charge in [-0.15, -0.1) is 0 Å². The number of para-hydroxylation sites is 1. The average molecular weight is 417 g/mol. The van der Waals surface area contributed by atoms with Crippen molar-refractivity contribution in [1.29, 1.82) is 0 Å². The van der Waals surface area contributed by atoms with Crippen LogP contribution in [0.5, 0.6) is 5.75 Å². The molecule has 3 rings (SSSR count). The number of carbonyl (C=O) groups excluding carboxylic acids is 1. The van der Waals surface area contributed by atoms with Crippen molar-refractivity contribution in [3.05, 3.63) is 59.2 Å². The lowest BCUT2D eigenvalue weighted by Gasteiger charge is -2.38. The number of ether oxygens (including phenoxy) is 1. The molecule has 0 aromatic heterocycles. The van der Waals surface area contributed by atoms with E-state index in [1.165, 1.54) is 0 Å². The van der Waals surface area contributed by atoms with Gasteiger partial charge in [0.05, 0.1) is 18.0 Å². The molecule has 0 radical (unpaired) electrons. The van der Waals surface area contributed by atoms with Crippen LogP contribution in [-0.4, -0.2) is 32.7 Å². The van der Waals surface area contributed by atoms with Crippen LogP contribution >= 0.6 is 0 Å². The molecule has 0 fully saturated rings. The molecule has 1 N–H and O–H groups in total. The van der Waals surface area contributed by atoms with Crippen LogP contribution in [0.15, 0.2) is 42.5 Å². The summed E-state index contributed by atoms with van der Waals surface area (Å²) in [6, 6.07) is 12.7. The summed E-state index contributed by atoms with van der Waals surface area (Å²) in [7, 11) is -3.62. The second-order valence-electron chi connectivity index (χ2n) is 8.26. The smallest absolute Gasteiger partial charge is 0.241 e. The number of sulfonamides is 1. The molecule has 6 nitrogen and oxygen atoms in total. The Hall–Kier alpha value is -2.54. The molecule has 0 saturated carbocycles. The average Bonchev–Trinajstić information content (AvgIpc) is 2.60. The first kappa shape index (κ1) is 21.2. The minimum absolute atomic E-state index is 0.247. The molecule has 29 heavy (non-hydrogen) atoms. The number of aryl methyl sites for hydroxylation is 2. The van der Waals surface area contributed by atoms with Crippen LogP contribution in [0.3, 0.4) is 0 Å². The molecule has 0 spiro atoms. The third kappa shape index (κ3) is 4.90. The summed E-state index contributed by atoms with van der Waals surface area (Å²) < 4.78 is 31.9. The molecule has 0 saturated heterocycles. The maximum absolute atomic E-state index is 12.9. The zero-order valence-electron chi connectivity index (χ0n) is 17.5. The first-order valence-corrected chi connectivity index (χ1v) is 11.4. The van der Waals surface area contributed by atoms with Gasteiger partial charge in [0.1, 0.15) is 17.9 Å². The highest BCUT2D eigenvalue weighted by Crippen LogP contribution is 2.39. The van der Waals surface area contributed by atoms with Gasteiger partial charge in [-0.2, -0.15) is 0 Å². The van der Waals surface area contributed by atoms with E-state index in [1.807, 2.05) is 58.0 Å². The molecule has 2 aromatic carbocycles. The van der Waals surface area contributed by atoms with Gasteiger partial charge in [0, 0.05) is 12.0 Å². The molecule has 7 heteroatoms. The van der Waals surface area contributed by atoms with Crippen molar-refractivity contribution in [3.8, 4) is 5.75 Å². The number of benzene rings is 2. The summed E-state index contributed by atoms with van der Waals surface area (Å²) in [6.07, 6.45) is 1.71. The van der Waals surface area contributed by atoms with Crippen molar-refractivity contribution < 1.29 is 17.9 Å². The van der Waals surface area contributed by atoms with E-state index in [0.717, 1.165) is 33.0 Å². The minimum atomic E-state index is -3.62. The Balaban J connectivity index is 1.83. The van der Waals surface area contributed by atoms with E-state index in [9.17, 15) is 13.2 Å². The SMILES string of the molecule is Cc1ccc(N(CC(=O)NC2CC(C)(C)Oc3ccccc32)S(C)(=O)=O)cc1C. The van der Waals surface area contributed by atoms with Gasteiger partial charge in [-0.05, 0) is 57.0 Å². The molecule has 0 bridgehead atoms. The normalized spacial score (nSPS) is 17.8. The number of hydrogen-bond acceptors (Lipinski definition) is 4. The monoisotopic (exact) mass is 416 g/mol. The van der Waals surface area contributed by atoms with Gasteiger partial charge in [-0.1, -0.05) is 24.3 Å². The molecule has 1 aliphatic heterocycles. The number of nitrogens with one attached hydrogen (secondary N) is 1. The predicted molar refractivity (Wildman–Crippen MR) is 115 cm³/mol. The maximum atomic E-state index is 12.9. The fraction of sp³-hybridized carbons (Fsp3) is 0.409. The molecule has 1 heterocycles. The quantitative estimate of drug-likeness (QED) is 0.810. The minimum Gasteiger partial charge on any atom is -0.487 e. The molecule has 2 aromatic rings. The Morgan fingerprint density at radius 2 is 1.86 bits per heavy atom. The summed E-state index contributed by atoms with van der Waals surface area (Å²) >= 11 is 0. The zero-order chi connectivity index (χ0) is 21.4. The van der Waals surface area contributed by atoms with E-state index in [2.05, 4.69) is 5.32 Å². The van der Waals surface area contributed by atoms with Gasteiger partial charge in [0.25, 0.3) is 0 Å². The number of carbonyl (C=O) groups is 1. The number of hydrogen-bond donors (Lipinski definition) is 1. The van der Waals surface area contributed by atoms with Crippen LogP contribution in [0.1, 0.15) is 43.0 Å². The Morgan fingerprint density at radius 1 is 1.17 bits per heavy atom. The topological polar surface area (TPSA) is 75.7 Å². The van der Waals surface area contributed by atoms with Gasteiger partial charge in [-0.3, -0.25) is 9.10 Å². The predicted octanol–water partition coefficient (Wildman–Crippen LogP) is 3.49. The molecule has 0 aliphatic carbocycles. The molecule has 1 unspecified atom stereocenters. The van der Waals surface area contributed by atoms with Crippen molar-refractivity contribution in [2.75, 3.05) is 17.1 Å². The van der Waals surface area contributed by atoms with Gasteiger partial charge >= 0.3 is 0 Å². The molecule has 1 aliphatic rings. The van der Waals surface area contributed by atoms with Crippen molar-refractivity contribution in [2.24, 2.45) is 0 Å². The fourth-order valence-corrected chi connectivity index (χ4v) is 4.43. The summed E-state index contributed by atoms with van der Waals surface area (Å²) in [5.74, 6) is 0.384. The van der Waals surface area contributed by atoms with Crippen LogP contribution in [0.4, 0.5) is 5.69 Å². The van der Waals surface area contributed by atoms with E-state index >= 15 is 0 Å². The number of anilines is 1. The summed E-state index contributed by atoms with van der Waals surface area (Å²) in [5, 5.41) is 3.00. The highest BCUT2D eigenvalue weighted by Gasteiger charge is 2.34. The lowest BCUT2D eigenvalue weighted by atomic mass is 9.89. The number of fused-ring (bicyclic) bond motifs is 1. The highest BCUT2D eigenvalue weighted by molar-refractivity contribution is 7.92. The van der Waals surface area contributed by atoms with Crippen LogP contribution in [0.25, 0.3) is 0 Å². The molecule has 1 atom stereocenters. The maximum Gasteiger partial charge on any atom is 0.241 e. The second kappa shape index (κ2) is 7.71. The van der Waals surface area contributed by atoms with E-state index in [0.29, 0.717) is 12.1 Å². The molecule has 156 valence electrons. The third-order valence-corrected chi connectivity index (χ3v) is 6.32. The van der Waals surface area contributed by atoms with Crippen molar-refractivity contribution in [1.82, 2.24) is 5.32 Å². The first-order valence-electron chi connectivity index (χ1n) is 9.58. The van der Waals surface area contributed by atoms with Gasteiger partial charge in [0.15, 0.2) is 0 Å². The van der Waals surface area contributed by atoms with Gasteiger partial charge in [-0.25, -0.2) is 8.42 Å². The fourth-order valence-electron chi connectivity index (χ4n) is 3.58. The van der Waals surface area contributed by atoms with Crippen molar-refractivity contribution >= 4 is 21.6 Å². The standard InChI is InChI=1S/C22H28N2O4S/c1-15-10-11-17(12-16(15)2)24(29(5,26)27)14-21(25)23-19-13-22(3,4)28-20-9-7-6-8-18(19)20/h6-12,19H,13-14H2,1-5H3,(H,23,25). The Bertz CT molecular complexity index is 1030. The van der Waals surface area contributed by atoms with Crippen LogP contribution in [0, 0.1) is 13.8 Å². The van der Waals surface area contributed by atoms with Crippen molar-refractivity contribution in [3.63, 3.8) is 0 Å². The Morgan fingerprint density at radius 3 is 2.52 bits per heavy atom. The largest absolute Gasteiger partial charge is 0.487 e. The lowest BCUT2D eigenvalue weighted by Crippen LogP contribution is -2.45. The van der Waals surface area contributed by atoms with Crippen LogP contribution in [-0.2, 0) is 14.8 Å². The van der Waals surface area contributed by atoms with Gasteiger partial charge < -0.3 is 10.1 Å². The summed E-state index contributed by atoms with van der Waals surface area (Å²) in [4.78, 5) is 12.9. The van der Waals surface area contributed by atoms with Gasteiger partial charge in [0.2, 0.25) is 15.9 Å². The highest BCUT2D eigenvalue weighted by atomic mass is 32.2. The molecular weight excluding hydrogens is 388 g/mol. The first-order chi connectivity index (χ1) is 13.5. The lowest BCUT2D eigenvalue weighted by molar-refractivity contribution is -0.120. The molecular formula is C22H28N2O4S. The van der Waals surface area contributed by atoms with E-state index in [1.54, 1.807) is 12.1 Å². The summed E-state index contributed by atoms with van der Waals surface area (Å²) in [6.45, 7) is 7.54. The molecule has 1 amide bonds. The van der Waals surface area contributed by atoms with E-state index in [-0.39, 0.29) is 18.5 Å². The van der Waals surface area contributed by atoms with Crippen molar-refractivity contribution in [2.45, 2.75) is 45.8 Å². The Labute approximate surface area is 172 Å². The summed E-state index contributed by atoms with van der Waals surface area (Å²) in [5.41, 5.74) is 2.98. The third-order valence-electron chi connectivity index (χ3n) is 5.18. The van der Waals surface area contributed by atoms with E-state index in [4.69, 9.17) is 4.74 Å².